The van der Waals surface area contributed by atoms with E-state index in [0.717, 1.165) is 43.8 Å². The Labute approximate surface area is 122 Å². The molecule has 1 aromatic rings. The fourth-order valence-corrected chi connectivity index (χ4v) is 2.16. The fraction of sp³-hybridized carbons (Fsp3) is 0.750. The molecule has 4 nitrogen and oxygen atoms in total. The van der Waals surface area contributed by atoms with E-state index in [1.165, 1.54) is 12.8 Å². The van der Waals surface area contributed by atoms with Crippen LogP contribution in [0.1, 0.15) is 38.2 Å². The Hall–Kier alpha value is -0.840. The van der Waals surface area contributed by atoms with Crippen molar-refractivity contribution in [2.45, 2.75) is 45.9 Å². The van der Waals surface area contributed by atoms with Crippen molar-refractivity contribution in [2.24, 2.45) is 5.92 Å². The molecular weight excluding hydrogens is 252 g/mol. The van der Waals surface area contributed by atoms with Crippen LogP contribution in [0.25, 0.3) is 0 Å². The van der Waals surface area contributed by atoms with E-state index in [1.807, 2.05) is 12.1 Å². The van der Waals surface area contributed by atoms with Crippen LogP contribution < -0.4 is 5.32 Å². The highest BCUT2D eigenvalue weighted by Gasteiger charge is 2.25. The number of nitrogens with one attached hydrogen (secondary N) is 1. The fourth-order valence-electron chi connectivity index (χ4n) is 2.16. The van der Waals surface area contributed by atoms with Gasteiger partial charge in [-0.3, -0.25) is 0 Å². The molecule has 0 atom stereocenters. The molecule has 0 saturated heterocycles. The predicted molar refractivity (Wildman–Crippen MR) is 80.6 cm³/mol. The normalized spacial score (nSPS) is 15.4. The van der Waals surface area contributed by atoms with Crippen LogP contribution in [0.3, 0.4) is 0 Å². The second kappa shape index (κ2) is 7.81. The second-order valence-corrected chi connectivity index (χ2v) is 6.16. The third kappa shape index (κ3) is 5.65. The van der Waals surface area contributed by atoms with Crippen molar-refractivity contribution in [1.29, 1.82) is 0 Å². The highest BCUT2D eigenvalue weighted by atomic mass is 16.5. The summed E-state index contributed by atoms with van der Waals surface area (Å²) in [6.45, 7) is 8.56. The summed E-state index contributed by atoms with van der Waals surface area (Å²) in [6, 6.07) is 4.85. The van der Waals surface area contributed by atoms with Gasteiger partial charge in [0.1, 0.15) is 18.1 Å². The van der Waals surface area contributed by atoms with Gasteiger partial charge in [-0.05, 0) is 44.5 Å². The SMILES string of the molecule is CC(C)CNCc1ccc(COCCN(C)C2CC2)o1. The van der Waals surface area contributed by atoms with Crippen LogP contribution >= 0.6 is 0 Å². The smallest absolute Gasteiger partial charge is 0.129 e. The maximum absolute atomic E-state index is 5.73. The Morgan fingerprint density at radius 2 is 2.10 bits per heavy atom. The Bertz CT molecular complexity index is 386. The summed E-state index contributed by atoms with van der Waals surface area (Å²) in [5.74, 6) is 2.57. The molecule has 1 N–H and O–H groups in total. The molecule has 1 aliphatic carbocycles. The Balaban J connectivity index is 1.57. The molecule has 0 unspecified atom stereocenters. The number of rotatable bonds is 10. The highest BCUT2D eigenvalue weighted by molar-refractivity contribution is 5.06. The van der Waals surface area contributed by atoms with Crippen molar-refractivity contribution in [1.82, 2.24) is 10.2 Å². The minimum atomic E-state index is 0.572. The molecule has 0 amide bonds. The number of furan rings is 1. The first kappa shape index (κ1) is 15.5. The molecule has 1 aromatic heterocycles. The van der Waals surface area contributed by atoms with Crippen LogP contribution in [0.2, 0.25) is 0 Å². The van der Waals surface area contributed by atoms with Crippen molar-refractivity contribution < 1.29 is 9.15 Å². The van der Waals surface area contributed by atoms with Crippen LogP contribution in [-0.4, -0.2) is 37.7 Å². The molecule has 0 aliphatic heterocycles. The van der Waals surface area contributed by atoms with E-state index >= 15 is 0 Å². The highest BCUT2D eigenvalue weighted by Crippen LogP contribution is 2.24. The van der Waals surface area contributed by atoms with Crippen molar-refractivity contribution in [3.63, 3.8) is 0 Å². The van der Waals surface area contributed by atoms with Crippen molar-refractivity contribution in [2.75, 3.05) is 26.7 Å². The van der Waals surface area contributed by atoms with Crippen LogP contribution in [0.4, 0.5) is 0 Å². The number of likely N-dealkylation sites (N-methyl/N-ethyl adjacent to an activating group) is 1. The molecule has 114 valence electrons. The van der Waals surface area contributed by atoms with E-state index in [1.54, 1.807) is 0 Å². The second-order valence-electron chi connectivity index (χ2n) is 6.16. The molecule has 1 aliphatic rings. The Morgan fingerprint density at radius 1 is 1.35 bits per heavy atom. The summed E-state index contributed by atoms with van der Waals surface area (Å²) in [5, 5.41) is 3.37. The van der Waals surface area contributed by atoms with Gasteiger partial charge in [0, 0.05) is 12.6 Å². The molecule has 1 fully saturated rings. The number of nitrogens with zero attached hydrogens (tertiary/aromatic N) is 1. The molecule has 4 heteroatoms. The summed E-state index contributed by atoms with van der Waals surface area (Å²) < 4.78 is 11.4. The molecule has 0 bridgehead atoms. The first-order valence-electron chi connectivity index (χ1n) is 7.71. The number of hydrogen-bond acceptors (Lipinski definition) is 4. The summed E-state index contributed by atoms with van der Waals surface area (Å²) in [5.41, 5.74) is 0. The van der Waals surface area contributed by atoms with Crippen LogP contribution in [0, 0.1) is 5.92 Å². The van der Waals surface area contributed by atoms with Gasteiger partial charge in [-0.1, -0.05) is 13.8 Å². The molecule has 0 radical (unpaired) electrons. The van der Waals surface area contributed by atoms with E-state index < -0.39 is 0 Å². The monoisotopic (exact) mass is 280 g/mol. The van der Waals surface area contributed by atoms with Gasteiger partial charge >= 0.3 is 0 Å². The summed E-state index contributed by atoms with van der Waals surface area (Å²) in [6.07, 6.45) is 2.70. The maximum atomic E-state index is 5.73. The van der Waals surface area contributed by atoms with E-state index in [-0.39, 0.29) is 0 Å². The molecule has 1 heterocycles. The van der Waals surface area contributed by atoms with Crippen LogP contribution in [0.5, 0.6) is 0 Å². The lowest BCUT2D eigenvalue weighted by molar-refractivity contribution is 0.0855. The van der Waals surface area contributed by atoms with Crippen molar-refractivity contribution in [3.8, 4) is 0 Å². The average Bonchev–Trinajstić information content (AvgIpc) is 3.16. The van der Waals surface area contributed by atoms with Crippen LogP contribution in [0.15, 0.2) is 16.5 Å². The summed E-state index contributed by atoms with van der Waals surface area (Å²) in [7, 11) is 2.17. The van der Waals surface area contributed by atoms with Crippen molar-refractivity contribution >= 4 is 0 Å². The summed E-state index contributed by atoms with van der Waals surface area (Å²) >= 11 is 0. The lowest BCUT2D eigenvalue weighted by Crippen LogP contribution is -2.25. The zero-order valence-corrected chi connectivity index (χ0v) is 13.0. The minimum absolute atomic E-state index is 0.572. The van der Waals surface area contributed by atoms with Gasteiger partial charge in [0.25, 0.3) is 0 Å². The predicted octanol–water partition coefficient (Wildman–Crippen LogP) is 2.64. The summed E-state index contributed by atoms with van der Waals surface area (Å²) in [4.78, 5) is 2.38. The molecular formula is C16H28N2O2. The van der Waals surface area contributed by atoms with E-state index in [2.05, 4.69) is 31.1 Å². The van der Waals surface area contributed by atoms with Gasteiger partial charge in [-0.2, -0.15) is 0 Å². The third-order valence-electron chi connectivity index (χ3n) is 3.57. The molecule has 0 aromatic carbocycles. The molecule has 20 heavy (non-hydrogen) atoms. The quantitative estimate of drug-likeness (QED) is 0.669. The molecule has 0 spiro atoms. The largest absolute Gasteiger partial charge is 0.462 e. The third-order valence-corrected chi connectivity index (χ3v) is 3.57. The van der Waals surface area contributed by atoms with Crippen molar-refractivity contribution in [3.05, 3.63) is 23.7 Å². The van der Waals surface area contributed by atoms with E-state index in [4.69, 9.17) is 9.15 Å². The van der Waals surface area contributed by atoms with Crippen LogP contribution in [-0.2, 0) is 17.9 Å². The first-order valence-corrected chi connectivity index (χ1v) is 7.71. The first-order chi connectivity index (χ1) is 9.65. The zero-order valence-electron chi connectivity index (χ0n) is 13.0. The minimum Gasteiger partial charge on any atom is -0.462 e. The number of ether oxygens (including phenoxy) is 1. The van der Waals surface area contributed by atoms with Gasteiger partial charge in [0.05, 0.1) is 13.2 Å². The molecule has 2 rings (SSSR count). The number of hydrogen-bond donors (Lipinski definition) is 1. The van der Waals surface area contributed by atoms with Gasteiger partial charge in [-0.25, -0.2) is 0 Å². The van der Waals surface area contributed by atoms with Gasteiger partial charge in [0.15, 0.2) is 0 Å². The maximum Gasteiger partial charge on any atom is 0.129 e. The lowest BCUT2D eigenvalue weighted by atomic mass is 10.2. The average molecular weight is 280 g/mol. The topological polar surface area (TPSA) is 37.6 Å². The van der Waals surface area contributed by atoms with E-state index in [9.17, 15) is 0 Å². The zero-order chi connectivity index (χ0) is 14.4. The van der Waals surface area contributed by atoms with Gasteiger partial charge in [-0.15, -0.1) is 0 Å². The van der Waals surface area contributed by atoms with Gasteiger partial charge < -0.3 is 19.4 Å². The Morgan fingerprint density at radius 3 is 2.80 bits per heavy atom. The molecule has 1 saturated carbocycles. The van der Waals surface area contributed by atoms with E-state index in [0.29, 0.717) is 12.5 Å². The Kier molecular flexibility index (Phi) is 6.07. The lowest BCUT2D eigenvalue weighted by Gasteiger charge is -2.14. The standard InChI is InChI=1S/C16H28N2O2/c1-13(2)10-17-11-15-6-7-16(20-15)12-19-9-8-18(3)14-4-5-14/h6-7,13-14,17H,4-5,8-12H2,1-3H3. The van der Waals surface area contributed by atoms with Gasteiger partial charge in [0.2, 0.25) is 0 Å².